The molecule has 4 rings (SSSR count). The van der Waals surface area contributed by atoms with Crippen LogP contribution in [0.3, 0.4) is 0 Å². The number of nitrogens with zero attached hydrogens (tertiary/aromatic N) is 1. The normalized spacial score (nSPS) is 20.4. The third-order valence-corrected chi connectivity index (χ3v) is 5.47. The fourth-order valence-electron chi connectivity index (χ4n) is 4.09. The summed E-state index contributed by atoms with van der Waals surface area (Å²) in [4.78, 5) is 38.3. The van der Waals surface area contributed by atoms with Gasteiger partial charge in [0.05, 0.1) is 11.6 Å². The van der Waals surface area contributed by atoms with Crippen LogP contribution < -0.4 is 16.1 Å². The summed E-state index contributed by atoms with van der Waals surface area (Å²) < 4.78 is 5.26. The number of rotatable bonds is 4. The lowest BCUT2D eigenvalue weighted by Gasteiger charge is -2.24. The molecule has 1 unspecified atom stereocenters. The predicted octanol–water partition coefficient (Wildman–Crippen LogP) is 2.71. The van der Waals surface area contributed by atoms with Crippen LogP contribution in [0.25, 0.3) is 11.0 Å². The van der Waals surface area contributed by atoms with Crippen molar-refractivity contribution in [2.45, 2.75) is 38.1 Å². The van der Waals surface area contributed by atoms with E-state index >= 15 is 0 Å². The van der Waals surface area contributed by atoms with E-state index in [2.05, 4.69) is 10.6 Å². The topological polar surface area (TPSA) is 91.7 Å². The first-order chi connectivity index (χ1) is 13.1. The van der Waals surface area contributed by atoms with Gasteiger partial charge in [0.15, 0.2) is 5.43 Å². The molecule has 27 heavy (non-hydrogen) atoms. The van der Waals surface area contributed by atoms with Crippen LogP contribution in [0.4, 0.5) is 10.5 Å². The average molecular weight is 369 g/mol. The number of benzene rings is 1. The van der Waals surface area contributed by atoms with E-state index in [-0.39, 0.29) is 23.3 Å². The Bertz CT molecular complexity index is 917. The van der Waals surface area contributed by atoms with Gasteiger partial charge in [0.1, 0.15) is 5.58 Å². The summed E-state index contributed by atoms with van der Waals surface area (Å²) in [6.07, 6.45) is 6.44. The second-order valence-corrected chi connectivity index (χ2v) is 7.39. The summed E-state index contributed by atoms with van der Waals surface area (Å²) in [5.41, 5.74) is 0.843. The first kappa shape index (κ1) is 17.6. The van der Waals surface area contributed by atoms with Crippen LogP contribution in [0.2, 0.25) is 0 Å². The van der Waals surface area contributed by atoms with Crippen LogP contribution >= 0.6 is 0 Å². The van der Waals surface area contributed by atoms with Crippen molar-refractivity contribution in [1.82, 2.24) is 10.2 Å². The Morgan fingerprint density at radius 3 is 2.81 bits per heavy atom. The molecule has 1 atom stereocenters. The van der Waals surface area contributed by atoms with E-state index in [9.17, 15) is 14.4 Å². The number of carbonyl (C=O) groups is 2. The molecule has 0 spiro atoms. The second-order valence-electron chi connectivity index (χ2n) is 7.39. The van der Waals surface area contributed by atoms with Crippen molar-refractivity contribution in [3.05, 3.63) is 40.8 Å². The highest BCUT2D eigenvalue weighted by atomic mass is 16.3. The zero-order chi connectivity index (χ0) is 18.8. The van der Waals surface area contributed by atoms with Gasteiger partial charge >= 0.3 is 6.03 Å². The Hall–Kier alpha value is -2.83. The highest BCUT2D eigenvalue weighted by Gasteiger charge is 2.35. The highest BCUT2D eigenvalue weighted by molar-refractivity contribution is 5.92. The van der Waals surface area contributed by atoms with Crippen molar-refractivity contribution >= 4 is 28.6 Å². The lowest BCUT2D eigenvalue weighted by atomic mass is 10.1. The fourth-order valence-corrected chi connectivity index (χ4v) is 4.09. The van der Waals surface area contributed by atoms with Crippen LogP contribution in [-0.4, -0.2) is 36.0 Å². The number of likely N-dealkylation sites (tertiary alicyclic amines) is 1. The Kier molecular flexibility index (Phi) is 4.83. The van der Waals surface area contributed by atoms with Crippen molar-refractivity contribution in [1.29, 1.82) is 0 Å². The number of fused-ring (bicyclic) bond motifs is 1. The number of amides is 3. The monoisotopic (exact) mass is 369 g/mol. The summed E-state index contributed by atoms with van der Waals surface area (Å²) >= 11 is 0. The Morgan fingerprint density at radius 2 is 2.00 bits per heavy atom. The molecule has 142 valence electrons. The number of nitrogens with one attached hydrogen (secondary N) is 2. The van der Waals surface area contributed by atoms with Gasteiger partial charge in [-0.15, -0.1) is 0 Å². The molecule has 2 N–H and O–H groups in total. The number of urea groups is 1. The summed E-state index contributed by atoms with van der Waals surface area (Å²) in [5, 5.41) is 5.99. The molecule has 0 radical (unpaired) electrons. The summed E-state index contributed by atoms with van der Waals surface area (Å²) in [5.74, 6) is 0.350. The highest BCUT2D eigenvalue weighted by Crippen LogP contribution is 2.29. The molecule has 1 aliphatic carbocycles. The zero-order valence-electron chi connectivity index (χ0n) is 15.1. The molecule has 1 aromatic carbocycles. The minimum absolute atomic E-state index is 0.146. The third-order valence-electron chi connectivity index (χ3n) is 5.47. The summed E-state index contributed by atoms with van der Waals surface area (Å²) in [6.45, 7) is 1.18. The minimum Gasteiger partial charge on any atom is -0.464 e. The molecular weight excluding hydrogens is 346 g/mol. The number of hydrogen-bond acceptors (Lipinski definition) is 4. The van der Waals surface area contributed by atoms with Crippen LogP contribution in [0.1, 0.15) is 32.1 Å². The van der Waals surface area contributed by atoms with Gasteiger partial charge in [0.25, 0.3) is 0 Å². The summed E-state index contributed by atoms with van der Waals surface area (Å²) in [6, 6.07) is 6.33. The minimum atomic E-state index is -0.346. The smallest absolute Gasteiger partial charge is 0.319 e. The molecule has 2 aromatic rings. The van der Waals surface area contributed by atoms with E-state index < -0.39 is 0 Å². The van der Waals surface area contributed by atoms with Crippen LogP contribution in [0, 0.1) is 5.92 Å². The van der Waals surface area contributed by atoms with E-state index in [1.165, 1.54) is 25.2 Å². The number of anilines is 1. The second kappa shape index (κ2) is 7.42. The molecule has 2 heterocycles. The molecule has 1 saturated carbocycles. The SMILES string of the molecule is O=C(NCC1CC(=O)N(C2CCCC2)C1)Nc1ccc2occc(=O)c2c1. The van der Waals surface area contributed by atoms with Gasteiger partial charge in [0, 0.05) is 43.2 Å². The quantitative estimate of drug-likeness (QED) is 0.867. The number of carbonyl (C=O) groups excluding carboxylic acids is 2. The van der Waals surface area contributed by atoms with Gasteiger partial charge in [0.2, 0.25) is 5.91 Å². The molecule has 7 nitrogen and oxygen atoms in total. The Balaban J connectivity index is 1.32. The molecule has 2 aliphatic rings. The predicted molar refractivity (Wildman–Crippen MR) is 102 cm³/mol. The Morgan fingerprint density at radius 1 is 1.19 bits per heavy atom. The lowest BCUT2D eigenvalue weighted by molar-refractivity contribution is -0.129. The van der Waals surface area contributed by atoms with Crippen molar-refractivity contribution in [2.24, 2.45) is 5.92 Å². The van der Waals surface area contributed by atoms with E-state index in [0.29, 0.717) is 35.7 Å². The summed E-state index contributed by atoms with van der Waals surface area (Å²) in [7, 11) is 0. The van der Waals surface area contributed by atoms with Crippen molar-refractivity contribution < 1.29 is 14.0 Å². The molecule has 3 amide bonds. The average Bonchev–Trinajstić information content (AvgIpc) is 3.30. The van der Waals surface area contributed by atoms with Gasteiger partial charge < -0.3 is 20.0 Å². The maximum Gasteiger partial charge on any atom is 0.319 e. The van der Waals surface area contributed by atoms with Gasteiger partial charge in [-0.3, -0.25) is 9.59 Å². The molecule has 1 aliphatic heterocycles. The largest absolute Gasteiger partial charge is 0.464 e. The lowest BCUT2D eigenvalue weighted by Crippen LogP contribution is -2.36. The van der Waals surface area contributed by atoms with Crippen molar-refractivity contribution in [3.8, 4) is 0 Å². The molecule has 7 heteroatoms. The van der Waals surface area contributed by atoms with Gasteiger partial charge in [-0.05, 0) is 31.0 Å². The fraction of sp³-hybridized carbons (Fsp3) is 0.450. The first-order valence-corrected chi connectivity index (χ1v) is 9.46. The van der Waals surface area contributed by atoms with E-state index in [1.54, 1.807) is 18.2 Å². The van der Waals surface area contributed by atoms with Gasteiger partial charge in [-0.25, -0.2) is 4.79 Å². The molecule has 1 saturated heterocycles. The molecule has 1 aromatic heterocycles. The zero-order valence-corrected chi connectivity index (χ0v) is 15.1. The van der Waals surface area contributed by atoms with Crippen molar-refractivity contribution in [3.63, 3.8) is 0 Å². The molecule has 0 bridgehead atoms. The Labute approximate surface area is 156 Å². The maximum atomic E-state index is 12.2. The van der Waals surface area contributed by atoms with E-state index in [0.717, 1.165) is 19.4 Å². The standard InChI is InChI=1S/C20H23N3O4/c24-17-7-8-27-18-6-5-14(10-16(17)18)22-20(26)21-11-13-9-19(25)23(12-13)15-3-1-2-4-15/h5-8,10,13,15H,1-4,9,11-12H2,(H2,21,22,26). The van der Waals surface area contributed by atoms with Crippen molar-refractivity contribution in [2.75, 3.05) is 18.4 Å². The van der Waals surface area contributed by atoms with Crippen LogP contribution in [0.5, 0.6) is 0 Å². The number of hydrogen-bond donors (Lipinski definition) is 2. The van der Waals surface area contributed by atoms with Crippen LogP contribution in [-0.2, 0) is 4.79 Å². The van der Waals surface area contributed by atoms with E-state index in [1.807, 2.05) is 4.90 Å². The van der Waals surface area contributed by atoms with Crippen LogP contribution in [0.15, 0.2) is 39.7 Å². The van der Waals surface area contributed by atoms with Gasteiger partial charge in [-0.1, -0.05) is 12.8 Å². The third kappa shape index (κ3) is 3.82. The molecular formula is C20H23N3O4. The van der Waals surface area contributed by atoms with E-state index in [4.69, 9.17) is 4.42 Å². The first-order valence-electron chi connectivity index (χ1n) is 9.46. The van der Waals surface area contributed by atoms with Gasteiger partial charge in [-0.2, -0.15) is 0 Å². The maximum absolute atomic E-state index is 12.2. The molecule has 2 fully saturated rings.